The van der Waals surface area contributed by atoms with Gasteiger partial charge in [0.1, 0.15) is 0 Å². The average Bonchev–Trinajstić information content (AvgIpc) is 2.36. The maximum atomic E-state index is 5.42. The maximum absolute atomic E-state index is 5.42. The highest BCUT2D eigenvalue weighted by Gasteiger charge is 2.31. The second-order valence-electron chi connectivity index (χ2n) is 2.31. The minimum Gasteiger partial charge on any atom is -0.348 e. The van der Waals surface area contributed by atoms with E-state index in [1.54, 1.807) is 0 Å². The van der Waals surface area contributed by atoms with E-state index in [2.05, 4.69) is 13.8 Å². The zero-order valence-electron chi connectivity index (χ0n) is 6.14. The van der Waals surface area contributed by atoms with Crippen molar-refractivity contribution in [1.29, 1.82) is 0 Å². The number of hydrogen-bond acceptors (Lipinski definition) is 2. The summed E-state index contributed by atoms with van der Waals surface area (Å²) in [5.74, 6) is -0.222. The predicted octanol–water partition coefficient (Wildman–Crippen LogP) is 1.55. The van der Waals surface area contributed by atoms with Gasteiger partial charge >= 0.3 is 0 Å². The molecule has 0 atom stereocenters. The van der Waals surface area contributed by atoms with Crippen LogP contribution in [-0.2, 0) is 9.47 Å². The van der Waals surface area contributed by atoms with Gasteiger partial charge in [0.25, 0.3) is 0 Å². The first-order chi connectivity index (χ1) is 4.33. The summed E-state index contributed by atoms with van der Waals surface area (Å²) < 4.78 is 10.8. The van der Waals surface area contributed by atoms with E-state index in [9.17, 15) is 0 Å². The van der Waals surface area contributed by atoms with E-state index < -0.39 is 0 Å². The summed E-state index contributed by atoms with van der Waals surface area (Å²) >= 11 is 0. The van der Waals surface area contributed by atoms with Gasteiger partial charge in [0, 0.05) is 0 Å². The minimum atomic E-state index is -0.222. The lowest BCUT2D eigenvalue weighted by Gasteiger charge is -2.23. The van der Waals surface area contributed by atoms with Crippen molar-refractivity contribution in [2.75, 3.05) is 13.2 Å². The topological polar surface area (TPSA) is 18.5 Å². The van der Waals surface area contributed by atoms with Crippen molar-refractivity contribution in [2.24, 2.45) is 0 Å². The Kier molecular flexibility index (Phi) is 2.09. The fraction of sp³-hybridized carbons (Fsp3) is 1.00. The SMILES string of the molecule is CCC1(CC)OCCO1. The molecule has 1 fully saturated rings. The molecule has 0 aromatic heterocycles. The predicted molar refractivity (Wildman–Crippen MR) is 35.2 cm³/mol. The molecule has 0 bridgehead atoms. The third kappa shape index (κ3) is 1.25. The van der Waals surface area contributed by atoms with Crippen LogP contribution in [0.15, 0.2) is 0 Å². The van der Waals surface area contributed by atoms with E-state index in [4.69, 9.17) is 9.47 Å². The Hall–Kier alpha value is -0.0800. The van der Waals surface area contributed by atoms with Gasteiger partial charge in [0.15, 0.2) is 5.79 Å². The van der Waals surface area contributed by atoms with Crippen molar-refractivity contribution >= 4 is 0 Å². The Balaban J connectivity index is 2.45. The minimum absolute atomic E-state index is 0.222. The zero-order valence-corrected chi connectivity index (χ0v) is 6.14. The van der Waals surface area contributed by atoms with Gasteiger partial charge in [-0.25, -0.2) is 0 Å². The standard InChI is InChI=1S/C7H14O2/c1-3-7(4-2)8-5-6-9-7/h3-6H2,1-2H3. The summed E-state index contributed by atoms with van der Waals surface area (Å²) in [5.41, 5.74) is 0. The van der Waals surface area contributed by atoms with Gasteiger partial charge in [-0.2, -0.15) is 0 Å². The Morgan fingerprint density at radius 3 is 1.78 bits per heavy atom. The van der Waals surface area contributed by atoms with Gasteiger partial charge in [0.05, 0.1) is 13.2 Å². The Morgan fingerprint density at radius 2 is 1.56 bits per heavy atom. The van der Waals surface area contributed by atoms with Gasteiger partial charge < -0.3 is 9.47 Å². The summed E-state index contributed by atoms with van der Waals surface area (Å²) in [6.07, 6.45) is 1.92. The van der Waals surface area contributed by atoms with Crippen LogP contribution >= 0.6 is 0 Å². The van der Waals surface area contributed by atoms with Crippen molar-refractivity contribution in [2.45, 2.75) is 32.5 Å². The highest BCUT2D eigenvalue weighted by molar-refractivity contribution is 4.69. The summed E-state index contributed by atoms with van der Waals surface area (Å²) in [7, 11) is 0. The molecule has 1 rings (SSSR count). The van der Waals surface area contributed by atoms with E-state index in [1.807, 2.05) is 0 Å². The van der Waals surface area contributed by atoms with Crippen molar-refractivity contribution in [1.82, 2.24) is 0 Å². The van der Waals surface area contributed by atoms with Crippen molar-refractivity contribution in [3.05, 3.63) is 0 Å². The molecule has 0 saturated carbocycles. The Bertz CT molecular complexity index is 78.9. The van der Waals surface area contributed by atoms with E-state index in [0.717, 1.165) is 26.1 Å². The second kappa shape index (κ2) is 2.67. The molecular formula is C7H14O2. The van der Waals surface area contributed by atoms with Crippen LogP contribution in [0.1, 0.15) is 26.7 Å². The summed E-state index contributed by atoms with van der Waals surface area (Å²) in [6.45, 7) is 5.72. The first-order valence-corrected chi connectivity index (χ1v) is 3.61. The van der Waals surface area contributed by atoms with Gasteiger partial charge in [-0.1, -0.05) is 13.8 Å². The Labute approximate surface area is 56.2 Å². The molecule has 2 nitrogen and oxygen atoms in total. The summed E-state index contributed by atoms with van der Waals surface area (Å²) in [6, 6.07) is 0. The monoisotopic (exact) mass is 130 g/mol. The van der Waals surface area contributed by atoms with Crippen LogP contribution in [-0.4, -0.2) is 19.0 Å². The molecule has 1 aliphatic heterocycles. The first kappa shape index (κ1) is 7.03. The van der Waals surface area contributed by atoms with E-state index >= 15 is 0 Å². The molecule has 1 saturated heterocycles. The van der Waals surface area contributed by atoms with E-state index in [-0.39, 0.29) is 5.79 Å². The largest absolute Gasteiger partial charge is 0.348 e. The molecule has 0 aliphatic carbocycles. The van der Waals surface area contributed by atoms with Crippen molar-refractivity contribution in [3.8, 4) is 0 Å². The lowest BCUT2D eigenvalue weighted by Crippen LogP contribution is -2.27. The smallest absolute Gasteiger partial charge is 0.167 e. The van der Waals surface area contributed by atoms with Gasteiger partial charge in [-0.05, 0) is 12.8 Å². The van der Waals surface area contributed by atoms with Crippen LogP contribution in [0.5, 0.6) is 0 Å². The summed E-state index contributed by atoms with van der Waals surface area (Å²) in [4.78, 5) is 0. The van der Waals surface area contributed by atoms with Crippen LogP contribution in [0.2, 0.25) is 0 Å². The van der Waals surface area contributed by atoms with Crippen LogP contribution in [0, 0.1) is 0 Å². The first-order valence-electron chi connectivity index (χ1n) is 3.61. The normalized spacial score (nSPS) is 24.7. The van der Waals surface area contributed by atoms with Gasteiger partial charge in [0.2, 0.25) is 0 Å². The molecule has 0 N–H and O–H groups in total. The molecule has 1 aliphatic rings. The zero-order chi connectivity index (χ0) is 6.74. The highest BCUT2D eigenvalue weighted by Crippen LogP contribution is 2.25. The van der Waals surface area contributed by atoms with Crippen molar-refractivity contribution < 1.29 is 9.47 Å². The number of hydrogen-bond donors (Lipinski definition) is 0. The Morgan fingerprint density at radius 1 is 1.11 bits per heavy atom. The number of ether oxygens (including phenoxy) is 2. The van der Waals surface area contributed by atoms with Gasteiger partial charge in [-0.3, -0.25) is 0 Å². The quantitative estimate of drug-likeness (QED) is 0.564. The molecule has 2 heteroatoms. The lowest BCUT2D eigenvalue weighted by molar-refractivity contribution is -0.160. The second-order valence-corrected chi connectivity index (χ2v) is 2.31. The molecule has 0 unspecified atom stereocenters. The average molecular weight is 130 g/mol. The number of rotatable bonds is 2. The fourth-order valence-corrected chi connectivity index (χ4v) is 1.16. The van der Waals surface area contributed by atoms with Crippen LogP contribution < -0.4 is 0 Å². The molecule has 1 heterocycles. The fourth-order valence-electron chi connectivity index (χ4n) is 1.16. The molecular weight excluding hydrogens is 116 g/mol. The summed E-state index contributed by atoms with van der Waals surface area (Å²) in [5, 5.41) is 0. The molecule has 0 amide bonds. The third-order valence-corrected chi connectivity index (χ3v) is 1.89. The third-order valence-electron chi connectivity index (χ3n) is 1.89. The van der Waals surface area contributed by atoms with Crippen LogP contribution in [0.4, 0.5) is 0 Å². The van der Waals surface area contributed by atoms with Crippen LogP contribution in [0.3, 0.4) is 0 Å². The molecule has 9 heavy (non-hydrogen) atoms. The van der Waals surface area contributed by atoms with Crippen molar-refractivity contribution in [3.63, 3.8) is 0 Å². The lowest BCUT2D eigenvalue weighted by atomic mass is 10.1. The highest BCUT2D eigenvalue weighted by atomic mass is 16.7. The molecule has 54 valence electrons. The molecule has 0 aromatic carbocycles. The maximum Gasteiger partial charge on any atom is 0.167 e. The van der Waals surface area contributed by atoms with Crippen LogP contribution in [0.25, 0.3) is 0 Å². The molecule has 0 aromatic rings. The van der Waals surface area contributed by atoms with Gasteiger partial charge in [-0.15, -0.1) is 0 Å². The van der Waals surface area contributed by atoms with E-state index in [0.29, 0.717) is 0 Å². The van der Waals surface area contributed by atoms with E-state index in [1.165, 1.54) is 0 Å². The molecule has 0 radical (unpaired) electrons. The molecule has 0 spiro atoms.